The van der Waals surface area contributed by atoms with Crippen LogP contribution >= 0.6 is 39.1 Å². The second kappa shape index (κ2) is 5.38. The number of ether oxygens (including phenoxy) is 1. The standard InChI is InChI=1S/C11H4BrCl2F2NO/c12-6-2-7(14)8(15)3-10(6)18-11-9(16)1-5(13)4-17-11/h1-4H. The van der Waals surface area contributed by atoms with Crippen molar-refractivity contribution in [3.8, 4) is 11.6 Å². The molecule has 0 spiro atoms. The summed E-state index contributed by atoms with van der Waals surface area (Å²) in [7, 11) is 0. The van der Waals surface area contributed by atoms with E-state index < -0.39 is 11.6 Å². The quantitative estimate of drug-likeness (QED) is 0.689. The second-order valence-electron chi connectivity index (χ2n) is 3.24. The van der Waals surface area contributed by atoms with Crippen molar-refractivity contribution >= 4 is 39.1 Å². The minimum atomic E-state index is -0.746. The lowest BCUT2D eigenvalue weighted by atomic mass is 10.3. The van der Waals surface area contributed by atoms with Crippen molar-refractivity contribution in [1.29, 1.82) is 0 Å². The van der Waals surface area contributed by atoms with E-state index in [-0.39, 0.29) is 21.7 Å². The Balaban J connectivity index is 2.37. The molecule has 1 aromatic carbocycles. The molecule has 2 nitrogen and oxygen atoms in total. The van der Waals surface area contributed by atoms with Crippen LogP contribution in [0.25, 0.3) is 0 Å². The number of hydrogen-bond acceptors (Lipinski definition) is 2. The van der Waals surface area contributed by atoms with Crippen LogP contribution in [0.3, 0.4) is 0 Å². The van der Waals surface area contributed by atoms with Crippen LogP contribution in [0.5, 0.6) is 11.6 Å². The molecule has 2 rings (SSSR count). The summed E-state index contributed by atoms with van der Waals surface area (Å²) in [5, 5.41) is 0.0694. The first kappa shape index (κ1) is 13.5. The first-order valence-electron chi connectivity index (χ1n) is 4.61. The van der Waals surface area contributed by atoms with Gasteiger partial charge in [0, 0.05) is 12.3 Å². The molecule has 1 heterocycles. The Hall–Kier alpha value is -0.910. The Kier molecular flexibility index (Phi) is 4.04. The Bertz CT molecular complexity index is 610. The monoisotopic (exact) mass is 353 g/mol. The van der Waals surface area contributed by atoms with Crippen LogP contribution in [0.2, 0.25) is 10.0 Å². The third kappa shape index (κ3) is 2.91. The molecule has 1 aromatic heterocycles. The van der Waals surface area contributed by atoms with Crippen LogP contribution in [0, 0.1) is 11.6 Å². The van der Waals surface area contributed by atoms with Gasteiger partial charge in [-0.1, -0.05) is 23.2 Å². The van der Waals surface area contributed by atoms with Crippen LogP contribution in [0.4, 0.5) is 8.78 Å². The van der Waals surface area contributed by atoms with Gasteiger partial charge in [-0.25, -0.2) is 13.8 Å². The topological polar surface area (TPSA) is 22.1 Å². The molecule has 2 aromatic rings. The van der Waals surface area contributed by atoms with Gasteiger partial charge in [-0.05, 0) is 28.1 Å². The van der Waals surface area contributed by atoms with Gasteiger partial charge >= 0.3 is 0 Å². The van der Waals surface area contributed by atoms with Gasteiger partial charge in [0.15, 0.2) is 5.82 Å². The van der Waals surface area contributed by atoms with Gasteiger partial charge in [-0.15, -0.1) is 0 Å². The van der Waals surface area contributed by atoms with E-state index in [1.54, 1.807) is 0 Å². The molecular formula is C11H4BrCl2F2NO. The molecule has 0 unspecified atom stereocenters. The van der Waals surface area contributed by atoms with Crippen molar-refractivity contribution in [3.05, 3.63) is 50.5 Å². The molecule has 18 heavy (non-hydrogen) atoms. The average molecular weight is 355 g/mol. The fraction of sp³-hybridized carbons (Fsp3) is 0. The summed E-state index contributed by atoms with van der Waals surface area (Å²) in [6, 6.07) is 3.38. The Morgan fingerprint density at radius 3 is 2.50 bits per heavy atom. The lowest BCUT2D eigenvalue weighted by Crippen LogP contribution is -1.93. The highest BCUT2D eigenvalue weighted by atomic mass is 79.9. The highest BCUT2D eigenvalue weighted by Gasteiger charge is 2.12. The first-order chi connectivity index (χ1) is 8.47. The van der Waals surface area contributed by atoms with Crippen LogP contribution < -0.4 is 4.74 Å². The SMILES string of the molecule is Fc1cc(Oc2ncc(Cl)cc2F)c(Br)cc1Cl. The molecule has 0 atom stereocenters. The van der Waals surface area contributed by atoms with Crippen LogP contribution in [-0.2, 0) is 0 Å². The van der Waals surface area contributed by atoms with Gasteiger partial charge < -0.3 is 4.74 Å². The highest BCUT2D eigenvalue weighted by molar-refractivity contribution is 9.10. The molecule has 0 radical (unpaired) electrons. The highest BCUT2D eigenvalue weighted by Crippen LogP contribution is 2.34. The molecule has 0 saturated carbocycles. The zero-order valence-electron chi connectivity index (χ0n) is 8.55. The van der Waals surface area contributed by atoms with Crippen LogP contribution in [-0.4, -0.2) is 4.98 Å². The molecule has 0 aliphatic heterocycles. The summed E-state index contributed by atoms with van der Waals surface area (Å²) in [6.07, 6.45) is 1.22. The zero-order valence-corrected chi connectivity index (χ0v) is 11.7. The van der Waals surface area contributed by atoms with Gasteiger partial charge in [0.05, 0.1) is 14.5 Å². The third-order valence-corrected chi connectivity index (χ3v) is 3.07. The zero-order chi connectivity index (χ0) is 13.3. The van der Waals surface area contributed by atoms with E-state index in [1.165, 1.54) is 12.3 Å². The minimum Gasteiger partial charge on any atom is -0.435 e. The smallest absolute Gasteiger partial charge is 0.256 e. The lowest BCUT2D eigenvalue weighted by molar-refractivity contribution is 0.417. The minimum absolute atomic E-state index is 0.0608. The number of aromatic nitrogens is 1. The van der Waals surface area contributed by atoms with E-state index in [0.717, 1.165) is 12.1 Å². The fourth-order valence-electron chi connectivity index (χ4n) is 1.16. The summed E-state index contributed by atoms with van der Waals surface area (Å²) in [4.78, 5) is 3.66. The maximum atomic E-state index is 13.4. The fourth-order valence-corrected chi connectivity index (χ4v) is 2.03. The number of rotatable bonds is 2. The van der Waals surface area contributed by atoms with Crippen molar-refractivity contribution < 1.29 is 13.5 Å². The lowest BCUT2D eigenvalue weighted by Gasteiger charge is -2.08. The summed E-state index contributed by atoms with van der Waals surface area (Å²) in [6.45, 7) is 0. The Morgan fingerprint density at radius 1 is 1.11 bits per heavy atom. The molecule has 0 amide bonds. The summed E-state index contributed by atoms with van der Waals surface area (Å²) < 4.78 is 32.2. The Morgan fingerprint density at radius 2 is 1.83 bits per heavy atom. The number of benzene rings is 1. The number of hydrogen-bond donors (Lipinski definition) is 0. The number of halogens is 5. The van der Waals surface area contributed by atoms with E-state index >= 15 is 0 Å². The van der Waals surface area contributed by atoms with Crippen molar-refractivity contribution in [2.45, 2.75) is 0 Å². The largest absolute Gasteiger partial charge is 0.435 e. The number of nitrogens with zero attached hydrogens (tertiary/aromatic N) is 1. The molecule has 0 saturated heterocycles. The van der Waals surface area contributed by atoms with E-state index in [4.69, 9.17) is 27.9 Å². The predicted octanol–water partition coefficient (Wildman–Crippen LogP) is 5.22. The van der Waals surface area contributed by atoms with Gasteiger partial charge in [0.1, 0.15) is 11.6 Å². The normalized spacial score (nSPS) is 10.5. The molecule has 0 aliphatic rings. The summed E-state index contributed by atoms with van der Waals surface area (Å²) >= 11 is 14.3. The van der Waals surface area contributed by atoms with Crippen molar-refractivity contribution in [3.63, 3.8) is 0 Å². The van der Waals surface area contributed by atoms with Gasteiger partial charge in [0.25, 0.3) is 5.88 Å². The third-order valence-electron chi connectivity index (χ3n) is 1.96. The van der Waals surface area contributed by atoms with Gasteiger partial charge in [0.2, 0.25) is 0 Å². The molecule has 0 aliphatic carbocycles. The van der Waals surface area contributed by atoms with Crippen molar-refractivity contribution in [1.82, 2.24) is 4.98 Å². The molecule has 7 heteroatoms. The average Bonchev–Trinajstić information content (AvgIpc) is 2.29. The second-order valence-corrected chi connectivity index (χ2v) is 4.94. The summed E-state index contributed by atoms with van der Waals surface area (Å²) in [5.41, 5.74) is 0. The van der Waals surface area contributed by atoms with E-state index in [1.807, 2.05) is 0 Å². The van der Waals surface area contributed by atoms with Gasteiger partial charge in [-0.3, -0.25) is 0 Å². The number of pyridine rings is 1. The maximum Gasteiger partial charge on any atom is 0.256 e. The predicted molar refractivity (Wildman–Crippen MR) is 68.4 cm³/mol. The van der Waals surface area contributed by atoms with Gasteiger partial charge in [-0.2, -0.15) is 0 Å². The first-order valence-corrected chi connectivity index (χ1v) is 6.15. The van der Waals surface area contributed by atoms with E-state index in [0.29, 0.717) is 4.47 Å². The van der Waals surface area contributed by atoms with E-state index in [2.05, 4.69) is 20.9 Å². The molecule has 0 N–H and O–H groups in total. The Labute approximate surface area is 120 Å². The van der Waals surface area contributed by atoms with Crippen LogP contribution in [0.15, 0.2) is 28.9 Å². The maximum absolute atomic E-state index is 13.4. The van der Waals surface area contributed by atoms with E-state index in [9.17, 15) is 8.78 Å². The summed E-state index contributed by atoms with van der Waals surface area (Å²) in [5.74, 6) is -1.67. The molecular weight excluding hydrogens is 351 g/mol. The molecule has 94 valence electrons. The van der Waals surface area contributed by atoms with Crippen LogP contribution in [0.1, 0.15) is 0 Å². The van der Waals surface area contributed by atoms with Crippen molar-refractivity contribution in [2.75, 3.05) is 0 Å². The van der Waals surface area contributed by atoms with Crippen molar-refractivity contribution in [2.24, 2.45) is 0 Å². The molecule has 0 bridgehead atoms. The molecule has 0 fully saturated rings.